The molecule has 0 spiro atoms. The normalized spacial score (nSPS) is 19.7. The smallest absolute Gasteiger partial charge is 0.243 e. The van der Waals surface area contributed by atoms with Crippen molar-refractivity contribution in [1.29, 1.82) is 0 Å². The van der Waals surface area contributed by atoms with Crippen LogP contribution in [0.15, 0.2) is 29.2 Å². The average Bonchev–Trinajstić information content (AvgIpc) is 2.27. The van der Waals surface area contributed by atoms with Gasteiger partial charge in [-0.3, -0.25) is 4.79 Å². The molecule has 0 aromatic heterocycles. The molecule has 1 fully saturated rings. The fraction of sp³-hybridized carbons (Fsp3) is 0.417. The van der Waals surface area contributed by atoms with Crippen LogP contribution in [0.2, 0.25) is 0 Å². The number of nitrogens with one attached hydrogen (secondary N) is 1. The Balaban J connectivity index is 2.21. The van der Waals surface area contributed by atoms with Gasteiger partial charge in [0.15, 0.2) is 0 Å². The number of nitrogens with zero attached hydrogens (tertiary/aromatic N) is 1. The highest BCUT2D eigenvalue weighted by Gasteiger charge is 2.42. The molecule has 0 aliphatic carbocycles. The molecule has 6 nitrogen and oxygen atoms in total. The van der Waals surface area contributed by atoms with E-state index in [-0.39, 0.29) is 10.8 Å². The summed E-state index contributed by atoms with van der Waals surface area (Å²) >= 11 is 0. The van der Waals surface area contributed by atoms with Gasteiger partial charge in [-0.1, -0.05) is 0 Å². The van der Waals surface area contributed by atoms with Gasteiger partial charge in [0.25, 0.3) is 0 Å². The summed E-state index contributed by atoms with van der Waals surface area (Å²) in [7, 11) is -3.61. The highest BCUT2D eigenvalue weighted by Crippen LogP contribution is 2.27. The summed E-state index contributed by atoms with van der Waals surface area (Å²) < 4.78 is 25.9. The van der Waals surface area contributed by atoms with Gasteiger partial charge in [0.1, 0.15) is 6.04 Å². The van der Waals surface area contributed by atoms with E-state index in [1.807, 2.05) is 0 Å². The standard InChI is InChI=1S/C12H17N3O3S/c1-2-14-12(16)11-7-8-15(11)19(17,18)10-5-3-9(13)4-6-10/h3-6,11H,2,7-8,13H2,1H3,(H,14,16). The van der Waals surface area contributed by atoms with Crippen LogP contribution in [-0.4, -0.2) is 37.8 Å². The molecule has 1 atom stereocenters. The van der Waals surface area contributed by atoms with Crippen LogP contribution in [0, 0.1) is 0 Å². The number of anilines is 1. The lowest BCUT2D eigenvalue weighted by Crippen LogP contribution is -2.58. The Hall–Kier alpha value is -1.60. The Morgan fingerprint density at radius 2 is 2.05 bits per heavy atom. The number of rotatable bonds is 4. The van der Waals surface area contributed by atoms with E-state index in [2.05, 4.69) is 5.32 Å². The van der Waals surface area contributed by atoms with Crippen molar-refractivity contribution in [3.8, 4) is 0 Å². The molecule has 2 rings (SSSR count). The van der Waals surface area contributed by atoms with E-state index in [9.17, 15) is 13.2 Å². The molecule has 0 bridgehead atoms. The number of carbonyl (C=O) groups excluding carboxylic acids is 1. The lowest BCUT2D eigenvalue weighted by molar-refractivity contribution is -0.127. The van der Waals surface area contributed by atoms with Gasteiger partial charge >= 0.3 is 0 Å². The minimum absolute atomic E-state index is 0.163. The maximum absolute atomic E-state index is 12.3. The zero-order chi connectivity index (χ0) is 14.0. The molecule has 0 saturated carbocycles. The van der Waals surface area contributed by atoms with E-state index < -0.39 is 16.1 Å². The summed E-state index contributed by atoms with van der Waals surface area (Å²) in [6.07, 6.45) is 0.556. The first-order chi connectivity index (χ1) is 8.96. The number of sulfonamides is 1. The fourth-order valence-corrected chi connectivity index (χ4v) is 3.61. The maximum atomic E-state index is 12.3. The second kappa shape index (κ2) is 5.18. The Bertz CT molecular complexity index is 568. The highest BCUT2D eigenvalue weighted by atomic mass is 32.2. The maximum Gasteiger partial charge on any atom is 0.243 e. The predicted molar refractivity (Wildman–Crippen MR) is 71.8 cm³/mol. The lowest BCUT2D eigenvalue weighted by Gasteiger charge is -2.38. The van der Waals surface area contributed by atoms with E-state index in [4.69, 9.17) is 5.73 Å². The molecule has 1 aromatic rings. The van der Waals surface area contributed by atoms with Crippen molar-refractivity contribution in [1.82, 2.24) is 9.62 Å². The average molecular weight is 283 g/mol. The van der Waals surface area contributed by atoms with Gasteiger partial charge in [0, 0.05) is 18.8 Å². The highest BCUT2D eigenvalue weighted by molar-refractivity contribution is 7.89. The van der Waals surface area contributed by atoms with Crippen LogP contribution >= 0.6 is 0 Å². The van der Waals surface area contributed by atoms with Crippen LogP contribution in [0.1, 0.15) is 13.3 Å². The topological polar surface area (TPSA) is 92.5 Å². The van der Waals surface area contributed by atoms with Crippen molar-refractivity contribution in [2.75, 3.05) is 18.8 Å². The van der Waals surface area contributed by atoms with Crippen LogP contribution in [0.4, 0.5) is 5.69 Å². The van der Waals surface area contributed by atoms with E-state index in [0.29, 0.717) is 25.2 Å². The molecule has 1 aromatic carbocycles. The van der Waals surface area contributed by atoms with Crippen molar-refractivity contribution < 1.29 is 13.2 Å². The molecule has 7 heteroatoms. The monoisotopic (exact) mass is 283 g/mol. The zero-order valence-electron chi connectivity index (χ0n) is 10.7. The van der Waals surface area contributed by atoms with E-state index in [1.165, 1.54) is 28.6 Å². The van der Waals surface area contributed by atoms with Gasteiger partial charge in [-0.2, -0.15) is 4.31 Å². The molecule has 1 heterocycles. The van der Waals surface area contributed by atoms with Crippen LogP contribution in [0.5, 0.6) is 0 Å². The second-order valence-electron chi connectivity index (χ2n) is 4.38. The van der Waals surface area contributed by atoms with Crippen LogP contribution in [0.25, 0.3) is 0 Å². The van der Waals surface area contributed by atoms with Gasteiger partial charge < -0.3 is 11.1 Å². The van der Waals surface area contributed by atoms with Crippen LogP contribution < -0.4 is 11.1 Å². The number of hydrogen-bond donors (Lipinski definition) is 2. The molecule has 1 aliphatic heterocycles. The fourth-order valence-electron chi connectivity index (χ4n) is 1.98. The van der Waals surface area contributed by atoms with Crippen molar-refractivity contribution in [2.24, 2.45) is 0 Å². The second-order valence-corrected chi connectivity index (χ2v) is 6.27. The number of likely N-dealkylation sites (N-methyl/N-ethyl adjacent to an activating group) is 1. The van der Waals surface area contributed by atoms with E-state index >= 15 is 0 Å². The van der Waals surface area contributed by atoms with E-state index in [0.717, 1.165) is 0 Å². The quantitative estimate of drug-likeness (QED) is 0.770. The first kappa shape index (κ1) is 13.8. The van der Waals surface area contributed by atoms with Gasteiger partial charge in [-0.25, -0.2) is 8.42 Å². The molecular formula is C12H17N3O3S. The Morgan fingerprint density at radius 1 is 1.42 bits per heavy atom. The SMILES string of the molecule is CCNC(=O)C1CCN1S(=O)(=O)c1ccc(N)cc1. The number of amides is 1. The third-order valence-electron chi connectivity index (χ3n) is 3.11. The molecule has 0 radical (unpaired) electrons. The summed E-state index contributed by atoms with van der Waals surface area (Å²) in [6.45, 7) is 2.66. The number of carbonyl (C=O) groups is 1. The van der Waals surface area contributed by atoms with Crippen molar-refractivity contribution >= 4 is 21.6 Å². The van der Waals surface area contributed by atoms with Gasteiger partial charge in [-0.15, -0.1) is 0 Å². The van der Waals surface area contributed by atoms with E-state index in [1.54, 1.807) is 6.92 Å². The largest absolute Gasteiger partial charge is 0.399 e. The minimum Gasteiger partial charge on any atom is -0.399 e. The number of benzene rings is 1. The third-order valence-corrected chi connectivity index (χ3v) is 5.03. The number of hydrogen-bond acceptors (Lipinski definition) is 4. The third kappa shape index (κ3) is 2.57. The summed E-state index contributed by atoms with van der Waals surface area (Å²) in [5.41, 5.74) is 6.04. The summed E-state index contributed by atoms with van der Waals surface area (Å²) in [5, 5.41) is 2.65. The Morgan fingerprint density at radius 3 is 2.53 bits per heavy atom. The molecule has 3 N–H and O–H groups in total. The number of nitrogens with two attached hydrogens (primary N) is 1. The molecular weight excluding hydrogens is 266 g/mol. The van der Waals surface area contributed by atoms with Crippen LogP contribution in [0.3, 0.4) is 0 Å². The minimum atomic E-state index is -3.61. The van der Waals surface area contributed by atoms with Crippen molar-refractivity contribution in [3.05, 3.63) is 24.3 Å². The summed E-state index contributed by atoms with van der Waals surface area (Å²) in [4.78, 5) is 11.9. The first-order valence-electron chi connectivity index (χ1n) is 6.12. The molecule has 1 amide bonds. The number of nitrogen functional groups attached to an aromatic ring is 1. The Kier molecular flexibility index (Phi) is 3.77. The lowest BCUT2D eigenvalue weighted by atomic mass is 10.1. The summed E-state index contributed by atoms with van der Waals surface area (Å²) in [5.74, 6) is -0.243. The molecule has 1 aliphatic rings. The molecule has 1 saturated heterocycles. The van der Waals surface area contributed by atoms with Gasteiger partial charge in [-0.05, 0) is 37.6 Å². The van der Waals surface area contributed by atoms with Crippen molar-refractivity contribution in [3.63, 3.8) is 0 Å². The van der Waals surface area contributed by atoms with Crippen LogP contribution in [-0.2, 0) is 14.8 Å². The first-order valence-corrected chi connectivity index (χ1v) is 7.56. The molecule has 19 heavy (non-hydrogen) atoms. The molecule has 1 unspecified atom stereocenters. The zero-order valence-corrected chi connectivity index (χ0v) is 11.5. The summed E-state index contributed by atoms with van der Waals surface area (Å²) in [6, 6.07) is 5.39. The van der Waals surface area contributed by atoms with Crippen molar-refractivity contribution in [2.45, 2.75) is 24.3 Å². The molecule has 104 valence electrons. The van der Waals surface area contributed by atoms with Gasteiger partial charge in [0.2, 0.25) is 15.9 Å². The van der Waals surface area contributed by atoms with Gasteiger partial charge in [0.05, 0.1) is 4.90 Å². The Labute approximate surface area is 112 Å². The predicted octanol–water partition coefficient (Wildman–Crippen LogP) is 0.168.